The van der Waals surface area contributed by atoms with E-state index < -0.39 is 0 Å². The first-order valence-electron chi connectivity index (χ1n) is 9.47. The summed E-state index contributed by atoms with van der Waals surface area (Å²) in [6, 6.07) is 13.5. The number of hydrogen-bond donors (Lipinski definition) is 1. The lowest BCUT2D eigenvalue weighted by atomic mass is 10.2. The van der Waals surface area contributed by atoms with E-state index in [1.54, 1.807) is 19.2 Å². The summed E-state index contributed by atoms with van der Waals surface area (Å²) < 4.78 is 2.27. The standard InChI is InChI=1S/C21H20BrN7OS/c1-13-25-18-9-6-15(22)10-17(18)20(30)29(13)24-12-19-26-27-21(31-19)23-11-14-4-7-16(8-5-14)28(2)3/h4-11,24H,12H2,1-3H3. The van der Waals surface area contributed by atoms with Gasteiger partial charge in [-0.05, 0) is 42.8 Å². The van der Waals surface area contributed by atoms with Gasteiger partial charge in [0.1, 0.15) is 10.8 Å². The minimum atomic E-state index is -0.160. The van der Waals surface area contributed by atoms with Crippen LogP contribution in [0.4, 0.5) is 10.8 Å². The van der Waals surface area contributed by atoms with Gasteiger partial charge in [0.05, 0.1) is 17.4 Å². The van der Waals surface area contributed by atoms with Gasteiger partial charge in [-0.25, -0.2) is 14.7 Å². The van der Waals surface area contributed by atoms with Gasteiger partial charge < -0.3 is 10.3 Å². The van der Waals surface area contributed by atoms with E-state index in [1.807, 2.05) is 55.4 Å². The highest BCUT2D eigenvalue weighted by atomic mass is 79.9. The van der Waals surface area contributed by atoms with Crippen LogP contribution in [0.15, 0.2) is 56.7 Å². The van der Waals surface area contributed by atoms with Gasteiger partial charge in [0, 0.05) is 30.5 Å². The molecule has 4 aromatic rings. The van der Waals surface area contributed by atoms with Crippen LogP contribution in [0.1, 0.15) is 16.4 Å². The average Bonchev–Trinajstić information content (AvgIpc) is 3.21. The van der Waals surface area contributed by atoms with E-state index in [0.29, 0.717) is 28.4 Å². The highest BCUT2D eigenvalue weighted by molar-refractivity contribution is 9.10. The second-order valence-corrected chi connectivity index (χ2v) is 8.97. The van der Waals surface area contributed by atoms with Gasteiger partial charge in [-0.3, -0.25) is 4.79 Å². The van der Waals surface area contributed by atoms with Crippen LogP contribution in [-0.4, -0.2) is 40.2 Å². The molecule has 0 saturated heterocycles. The Morgan fingerprint density at radius 3 is 2.71 bits per heavy atom. The number of aryl methyl sites for hydroxylation is 1. The Hall–Kier alpha value is -3.11. The third kappa shape index (κ3) is 4.80. The summed E-state index contributed by atoms with van der Waals surface area (Å²) in [6.07, 6.45) is 1.76. The first-order valence-corrected chi connectivity index (χ1v) is 11.1. The molecule has 1 N–H and O–H groups in total. The highest BCUT2D eigenvalue weighted by Crippen LogP contribution is 2.19. The van der Waals surface area contributed by atoms with Crippen molar-refractivity contribution < 1.29 is 0 Å². The molecule has 0 aliphatic heterocycles. The van der Waals surface area contributed by atoms with Gasteiger partial charge in [-0.2, -0.15) is 0 Å². The van der Waals surface area contributed by atoms with Gasteiger partial charge in [-0.15, -0.1) is 10.2 Å². The fourth-order valence-electron chi connectivity index (χ4n) is 2.96. The minimum Gasteiger partial charge on any atom is -0.378 e. The van der Waals surface area contributed by atoms with Crippen LogP contribution in [0.5, 0.6) is 0 Å². The highest BCUT2D eigenvalue weighted by Gasteiger charge is 2.10. The molecule has 0 aliphatic rings. The number of rotatable bonds is 6. The van der Waals surface area contributed by atoms with Crippen molar-refractivity contribution >= 4 is 55.2 Å². The topological polar surface area (TPSA) is 88.3 Å². The quantitative estimate of drug-likeness (QED) is 0.406. The van der Waals surface area contributed by atoms with Gasteiger partial charge >= 0.3 is 0 Å². The Bertz CT molecular complexity index is 1310. The number of anilines is 1. The van der Waals surface area contributed by atoms with Gasteiger partial charge in [0.25, 0.3) is 5.56 Å². The molecule has 0 spiro atoms. The minimum absolute atomic E-state index is 0.160. The summed E-state index contributed by atoms with van der Waals surface area (Å²) in [5, 5.41) is 10.1. The maximum atomic E-state index is 12.8. The third-order valence-corrected chi connectivity index (χ3v) is 5.90. The van der Waals surface area contributed by atoms with Crippen LogP contribution in [0.25, 0.3) is 10.9 Å². The number of nitrogens with zero attached hydrogens (tertiary/aromatic N) is 6. The maximum Gasteiger partial charge on any atom is 0.279 e. The van der Waals surface area contributed by atoms with Crippen molar-refractivity contribution in [3.05, 3.63) is 73.7 Å². The van der Waals surface area contributed by atoms with E-state index in [1.165, 1.54) is 16.0 Å². The Kier molecular flexibility index (Phi) is 6.10. The second-order valence-electron chi connectivity index (χ2n) is 7.02. The van der Waals surface area contributed by atoms with Crippen LogP contribution < -0.4 is 15.9 Å². The molecule has 10 heteroatoms. The van der Waals surface area contributed by atoms with Crippen molar-refractivity contribution in [3.63, 3.8) is 0 Å². The Balaban J connectivity index is 1.46. The lowest BCUT2D eigenvalue weighted by molar-refractivity contribution is 0.748. The van der Waals surface area contributed by atoms with Crippen LogP contribution in [-0.2, 0) is 6.54 Å². The number of fused-ring (bicyclic) bond motifs is 1. The van der Waals surface area contributed by atoms with Crippen LogP contribution in [0.3, 0.4) is 0 Å². The van der Waals surface area contributed by atoms with E-state index in [9.17, 15) is 4.79 Å². The predicted octanol–water partition coefficient (Wildman–Crippen LogP) is 3.88. The largest absolute Gasteiger partial charge is 0.378 e. The van der Waals surface area contributed by atoms with Crippen molar-refractivity contribution in [2.75, 3.05) is 24.4 Å². The summed E-state index contributed by atoms with van der Waals surface area (Å²) >= 11 is 4.76. The van der Waals surface area contributed by atoms with E-state index in [-0.39, 0.29) is 5.56 Å². The lowest BCUT2D eigenvalue weighted by Gasteiger charge is -2.12. The molecular formula is C21H20BrN7OS. The molecule has 0 aliphatic carbocycles. The number of nitrogens with one attached hydrogen (secondary N) is 1. The molecule has 0 bridgehead atoms. The van der Waals surface area contributed by atoms with E-state index in [4.69, 9.17) is 0 Å². The van der Waals surface area contributed by atoms with E-state index in [2.05, 4.69) is 41.5 Å². The molecule has 0 saturated carbocycles. The normalized spacial score (nSPS) is 11.4. The zero-order valence-electron chi connectivity index (χ0n) is 17.2. The van der Waals surface area contributed by atoms with Crippen molar-refractivity contribution in [2.45, 2.75) is 13.5 Å². The zero-order valence-corrected chi connectivity index (χ0v) is 19.6. The molecule has 158 valence electrons. The summed E-state index contributed by atoms with van der Waals surface area (Å²) in [7, 11) is 4.00. The number of benzene rings is 2. The number of halogens is 1. The van der Waals surface area contributed by atoms with Gasteiger partial charge in [-0.1, -0.05) is 39.4 Å². The average molecular weight is 498 g/mol. The summed E-state index contributed by atoms with van der Waals surface area (Å²) in [5.74, 6) is 0.573. The lowest BCUT2D eigenvalue weighted by Crippen LogP contribution is -2.31. The second kappa shape index (κ2) is 8.94. The Labute approximate surface area is 191 Å². The monoisotopic (exact) mass is 497 g/mol. The summed E-state index contributed by atoms with van der Waals surface area (Å²) in [5.41, 5.74) is 5.70. The number of aliphatic imine (C=N–C) groups is 1. The van der Waals surface area contributed by atoms with Crippen molar-refractivity contribution in [1.29, 1.82) is 0 Å². The van der Waals surface area contributed by atoms with Crippen molar-refractivity contribution in [2.24, 2.45) is 4.99 Å². The molecule has 31 heavy (non-hydrogen) atoms. The molecule has 0 atom stereocenters. The summed E-state index contributed by atoms with van der Waals surface area (Å²) in [6.45, 7) is 2.12. The molecule has 2 heterocycles. The molecule has 0 unspecified atom stereocenters. The SMILES string of the molecule is Cc1nc2ccc(Br)cc2c(=O)n1NCc1nnc(N=Cc2ccc(N(C)C)cc2)s1. The number of aromatic nitrogens is 4. The fraction of sp³-hybridized carbons (Fsp3) is 0.190. The zero-order chi connectivity index (χ0) is 22.0. The molecule has 2 aromatic carbocycles. The van der Waals surface area contributed by atoms with Crippen LogP contribution in [0.2, 0.25) is 0 Å². The Morgan fingerprint density at radius 2 is 1.97 bits per heavy atom. The van der Waals surface area contributed by atoms with Gasteiger partial charge in [0.2, 0.25) is 5.13 Å². The summed E-state index contributed by atoms with van der Waals surface area (Å²) in [4.78, 5) is 23.8. The molecule has 0 amide bonds. The van der Waals surface area contributed by atoms with Crippen LogP contribution in [0, 0.1) is 6.92 Å². The van der Waals surface area contributed by atoms with Crippen LogP contribution >= 0.6 is 27.3 Å². The van der Waals surface area contributed by atoms with Crippen molar-refractivity contribution in [1.82, 2.24) is 19.9 Å². The van der Waals surface area contributed by atoms with E-state index >= 15 is 0 Å². The molecule has 0 radical (unpaired) electrons. The third-order valence-electron chi connectivity index (χ3n) is 4.58. The molecule has 0 fully saturated rings. The molecule has 4 rings (SSSR count). The molecule has 2 aromatic heterocycles. The molecule has 8 nitrogen and oxygen atoms in total. The predicted molar refractivity (Wildman–Crippen MR) is 129 cm³/mol. The fourth-order valence-corrected chi connectivity index (χ4v) is 3.94. The first-order chi connectivity index (χ1) is 14.9. The van der Waals surface area contributed by atoms with Gasteiger partial charge in [0.15, 0.2) is 0 Å². The smallest absolute Gasteiger partial charge is 0.279 e. The van der Waals surface area contributed by atoms with E-state index in [0.717, 1.165) is 20.7 Å². The first kappa shape index (κ1) is 21.1. The molecular weight excluding hydrogens is 478 g/mol. The number of hydrogen-bond acceptors (Lipinski definition) is 8. The maximum absolute atomic E-state index is 12.8. The Morgan fingerprint density at radius 1 is 1.19 bits per heavy atom. The van der Waals surface area contributed by atoms with Crippen molar-refractivity contribution in [3.8, 4) is 0 Å².